The normalized spacial score (nSPS) is 14.2. The van der Waals surface area contributed by atoms with Crippen molar-refractivity contribution in [3.05, 3.63) is 0 Å². The molecular weight excluding hydrogens is 227 g/mol. The van der Waals surface area contributed by atoms with Gasteiger partial charge in [-0.1, -0.05) is 0 Å². The van der Waals surface area contributed by atoms with Crippen LogP contribution in [-0.4, -0.2) is 44.0 Å². The zero-order valence-electron chi connectivity index (χ0n) is 9.06. The highest BCUT2D eigenvalue weighted by atomic mass is 32.2. The highest BCUT2D eigenvalue weighted by molar-refractivity contribution is 7.98. The summed E-state index contributed by atoms with van der Waals surface area (Å²) in [7, 11) is 0. The number of thioether (sulfide) groups is 1. The van der Waals surface area contributed by atoms with E-state index in [9.17, 15) is 13.2 Å². The molecule has 1 unspecified atom stereocenters. The Bertz CT molecular complexity index is 155. The standard InChI is InChI=1S/C9H18F3NOS/c1-8(3-6-15-2)13-4-5-14-7-9(10,11)12/h8,13H,3-7H2,1-2H3. The number of rotatable bonds is 8. The van der Waals surface area contributed by atoms with Crippen LogP contribution in [0.2, 0.25) is 0 Å². The van der Waals surface area contributed by atoms with Crippen LogP contribution in [0.15, 0.2) is 0 Å². The van der Waals surface area contributed by atoms with E-state index in [4.69, 9.17) is 0 Å². The maximum Gasteiger partial charge on any atom is 0.411 e. The van der Waals surface area contributed by atoms with E-state index < -0.39 is 12.8 Å². The molecule has 0 aliphatic heterocycles. The van der Waals surface area contributed by atoms with E-state index in [2.05, 4.69) is 10.1 Å². The summed E-state index contributed by atoms with van der Waals surface area (Å²) in [4.78, 5) is 0. The molecule has 0 aromatic rings. The van der Waals surface area contributed by atoms with E-state index in [0.717, 1.165) is 12.2 Å². The van der Waals surface area contributed by atoms with Gasteiger partial charge in [0.05, 0.1) is 6.61 Å². The molecule has 0 aliphatic carbocycles. The number of alkyl halides is 3. The molecule has 0 fully saturated rings. The Labute approximate surface area is 92.9 Å². The van der Waals surface area contributed by atoms with E-state index in [-0.39, 0.29) is 6.61 Å². The summed E-state index contributed by atoms with van der Waals surface area (Å²) >= 11 is 1.76. The minimum absolute atomic E-state index is 0.100. The SMILES string of the molecule is CSCCC(C)NCCOCC(F)(F)F. The number of halogens is 3. The molecule has 0 rings (SSSR count). The Hall–Kier alpha value is 0.0600. The van der Waals surface area contributed by atoms with Gasteiger partial charge in [-0.3, -0.25) is 0 Å². The molecule has 0 amide bonds. The second kappa shape index (κ2) is 8.24. The van der Waals surface area contributed by atoms with E-state index in [1.165, 1.54) is 0 Å². The number of nitrogens with one attached hydrogen (secondary N) is 1. The van der Waals surface area contributed by atoms with Crippen LogP contribution in [0.1, 0.15) is 13.3 Å². The van der Waals surface area contributed by atoms with Crippen molar-refractivity contribution in [2.24, 2.45) is 0 Å². The van der Waals surface area contributed by atoms with Crippen LogP contribution in [0, 0.1) is 0 Å². The van der Waals surface area contributed by atoms with Crippen molar-refractivity contribution >= 4 is 11.8 Å². The van der Waals surface area contributed by atoms with Crippen molar-refractivity contribution in [1.82, 2.24) is 5.32 Å². The monoisotopic (exact) mass is 245 g/mol. The molecule has 0 saturated heterocycles. The highest BCUT2D eigenvalue weighted by Gasteiger charge is 2.27. The Morgan fingerprint density at radius 1 is 1.40 bits per heavy atom. The molecule has 0 aromatic heterocycles. The van der Waals surface area contributed by atoms with Gasteiger partial charge in [0.1, 0.15) is 6.61 Å². The van der Waals surface area contributed by atoms with Crippen LogP contribution in [0.4, 0.5) is 13.2 Å². The number of hydrogen-bond donors (Lipinski definition) is 1. The summed E-state index contributed by atoms with van der Waals surface area (Å²) in [6.07, 6.45) is -1.18. The molecule has 0 heterocycles. The molecule has 0 radical (unpaired) electrons. The molecule has 15 heavy (non-hydrogen) atoms. The van der Waals surface area contributed by atoms with Gasteiger partial charge in [-0.2, -0.15) is 24.9 Å². The second-order valence-electron chi connectivity index (χ2n) is 3.30. The summed E-state index contributed by atoms with van der Waals surface area (Å²) < 4.78 is 39.4. The lowest BCUT2D eigenvalue weighted by molar-refractivity contribution is -0.173. The fourth-order valence-corrected chi connectivity index (χ4v) is 1.55. The first-order valence-electron chi connectivity index (χ1n) is 4.82. The Balaban J connectivity index is 3.23. The first kappa shape index (κ1) is 15.1. The average molecular weight is 245 g/mol. The summed E-state index contributed by atoms with van der Waals surface area (Å²) in [5.74, 6) is 1.05. The summed E-state index contributed by atoms with van der Waals surface area (Å²) in [6, 6.07) is 0.326. The van der Waals surface area contributed by atoms with Crippen molar-refractivity contribution < 1.29 is 17.9 Å². The fraction of sp³-hybridized carbons (Fsp3) is 1.00. The largest absolute Gasteiger partial charge is 0.411 e. The zero-order chi connectivity index (χ0) is 11.7. The van der Waals surface area contributed by atoms with Crippen molar-refractivity contribution in [3.8, 4) is 0 Å². The lowest BCUT2D eigenvalue weighted by Gasteiger charge is -2.13. The third kappa shape index (κ3) is 12.0. The minimum atomic E-state index is -4.22. The summed E-state index contributed by atoms with van der Waals surface area (Å²) in [5.41, 5.74) is 0. The minimum Gasteiger partial charge on any atom is -0.371 e. The lowest BCUT2D eigenvalue weighted by atomic mass is 10.2. The second-order valence-corrected chi connectivity index (χ2v) is 4.29. The molecule has 1 N–H and O–H groups in total. The third-order valence-corrected chi connectivity index (χ3v) is 2.40. The van der Waals surface area contributed by atoms with E-state index in [1.807, 2.05) is 13.2 Å². The van der Waals surface area contributed by atoms with E-state index in [1.54, 1.807) is 11.8 Å². The highest BCUT2D eigenvalue weighted by Crippen LogP contribution is 2.13. The van der Waals surface area contributed by atoms with Crippen LogP contribution < -0.4 is 5.32 Å². The molecule has 1 atom stereocenters. The maximum absolute atomic E-state index is 11.7. The van der Waals surface area contributed by atoms with Crippen molar-refractivity contribution in [1.29, 1.82) is 0 Å². The quantitative estimate of drug-likeness (QED) is 0.663. The van der Waals surface area contributed by atoms with E-state index >= 15 is 0 Å². The Kier molecular flexibility index (Phi) is 8.27. The number of ether oxygens (including phenoxy) is 1. The van der Waals surface area contributed by atoms with Crippen LogP contribution in [0.25, 0.3) is 0 Å². The molecule has 0 bridgehead atoms. The molecule has 2 nitrogen and oxygen atoms in total. The smallest absolute Gasteiger partial charge is 0.371 e. The van der Waals surface area contributed by atoms with Gasteiger partial charge < -0.3 is 10.1 Å². The first-order chi connectivity index (χ1) is 6.95. The van der Waals surface area contributed by atoms with Gasteiger partial charge in [-0.25, -0.2) is 0 Å². The lowest BCUT2D eigenvalue weighted by Crippen LogP contribution is -2.31. The van der Waals surface area contributed by atoms with Crippen molar-refractivity contribution in [3.63, 3.8) is 0 Å². The Morgan fingerprint density at radius 3 is 2.60 bits per heavy atom. The van der Waals surface area contributed by atoms with Gasteiger partial charge in [0, 0.05) is 12.6 Å². The van der Waals surface area contributed by atoms with E-state index in [0.29, 0.717) is 12.6 Å². The summed E-state index contributed by atoms with van der Waals surface area (Å²) in [5, 5.41) is 3.10. The maximum atomic E-state index is 11.7. The molecule has 0 aliphatic rings. The molecule has 92 valence electrons. The number of hydrogen-bond acceptors (Lipinski definition) is 3. The topological polar surface area (TPSA) is 21.3 Å². The van der Waals surface area contributed by atoms with Gasteiger partial charge in [0.15, 0.2) is 0 Å². The van der Waals surface area contributed by atoms with Gasteiger partial charge in [-0.05, 0) is 25.4 Å². The average Bonchev–Trinajstić information content (AvgIpc) is 2.12. The molecular formula is C9H18F3NOS. The van der Waals surface area contributed by atoms with Crippen LogP contribution >= 0.6 is 11.8 Å². The molecule has 6 heteroatoms. The predicted octanol–water partition coefficient (Wildman–Crippen LogP) is 2.30. The van der Waals surface area contributed by atoms with Crippen molar-refractivity contribution in [2.75, 3.05) is 31.8 Å². The third-order valence-electron chi connectivity index (χ3n) is 1.76. The van der Waals surface area contributed by atoms with Gasteiger partial charge in [0.2, 0.25) is 0 Å². The van der Waals surface area contributed by atoms with Crippen molar-refractivity contribution in [2.45, 2.75) is 25.6 Å². The van der Waals surface area contributed by atoms with Crippen LogP contribution in [-0.2, 0) is 4.74 Å². The van der Waals surface area contributed by atoms with Crippen LogP contribution in [0.3, 0.4) is 0 Å². The first-order valence-corrected chi connectivity index (χ1v) is 6.22. The molecule has 0 saturated carbocycles. The van der Waals surface area contributed by atoms with Gasteiger partial charge in [-0.15, -0.1) is 0 Å². The molecule has 0 aromatic carbocycles. The van der Waals surface area contributed by atoms with Gasteiger partial charge >= 0.3 is 6.18 Å². The molecule has 0 spiro atoms. The van der Waals surface area contributed by atoms with Gasteiger partial charge in [0.25, 0.3) is 0 Å². The predicted molar refractivity (Wildman–Crippen MR) is 57.3 cm³/mol. The summed E-state index contributed by atoms with van der Waals surface area (Å²) in [6.45, 7) is 1.42. The van der Waals surface area contributed by atoms with Crippen LogP contribution in [0.5, 0.6) is 0 Å². The fourth-order valence-electron chi connectivity index (χ4n) is 0.962. The Morgan fingerprint density at radius 2 is 2.07 bits per heavy atom. The zero-order valence-corrected chi connectivity index (χ0v) is 9.88.